The number of carbonyl (C=O) groups is 1. The van der Waals surface area contributed by atoms with Crippen LogP contribution >= 0.6 is 0 Å². The zero-order valence-corrected chi connectivity index (χ0v) is 13.1. The number of pyridine rings is 1. The van der Waals surface area contributed by atoms with Crippen LogP contribution in [0.4, 0.5) is 0 Å². The van der Waals surface area contributed by atoms with Crippen molar-refractivity contribution in [2.45, 2.75) is 13.8 Å². The van der Waals surface area contributed by atoms with Crippen LogP contribution in [0, 0.1) is 13.8 Å². The maximum Gasteiger partial charge on any atom is 0.343 e. The Morgan fingerprint density at radius 1 is 0.826 bits per heavy atom. The van der Waals surface area contributed by atoms with E-state index >= 15 is 0 Å². The Balaban J connectivity index is 1.73. The fraction of sp³-hybridized carbons (Fsp3) is 0.100. The molecule has 0 saturated heterocycles. The summed E-state index contributed by atoms with van der Waals surface area (Å²) in [6.45, 7) is 3.98. The minimum absolute atomic E-state index is 0.355. The molecular weight excluding hydrogens is 286 g/mol. The number of rotatable bonds is 3. The van der Waals surface area contributed by atoms with E-state index in [2.05, 4.69) is 4.98 Å². The molecule has 3 nitrogen and oxygen atoms in total. The lowest BCUT2D eigenvalue weighted by atomic mass is 10.1. The normalized spacial score (nSPS) is 10.3. The van der Waals surface area contributed by atoms with Crippen molar-refractivity contribution >= 4 is 5.97 Å². The van der Waals surface area contributed by atoms with Crippen LogP contribution in [-0.2, 0) is 0 Å². The summed E-state index contributed by atoms with van der Waals surface area (Å²) in [7, 11) is 0. The Hall–Kier alpha value is -2.94. The maximum absolute atomic E-state index is 12.1. The van der Waals surface area contributed by atoms with Crippen LogP contribution in [0.2, 0.25) is 0 Å². The van der Waals surface area contributed by atoms with Gasteiger partial charge in [-0.25, -0.2) is 4.79 Å². The highest BCUT2D eigenvalue weighted by atomic mass is 16.5. The van der Waals surface area contributed by atoms with E-state index in [1.165, 1.54) is 0 Å². The lowest BCUT2D eigenvalue weighted by Gasteiger charge is -2.06. The van der Waals surface area contributed by atoms with E-state index in [1.807, 2.05) is 56.4 Å². The average molecular weight is 303 g/mol. The topological polar surface area (TPSA) is 39.2 Å². The summed E-state index contributed by atoms with van der Waals surface area (Å²) in [5.41, 5.74) is 4.65. The summed E-state index contributed by atoms with van der Waals surface area (Å²) < 4.78 is 5.39. The molecule has 0 aliphatic rings. The summed E-state index contributed by atoms with van der Waals surface area (Å²) in [4.78, 5) is 16.5. The Morgan fingerprint density at radius 3 is 2.09 bits per heavy atom. The van der Waals surface area contributed by atoms with Gasteiger partial charge in [0.05, 0.1) is 11.3 Å². The van der Waals surface area contributed by atoms with E-state index in [0.717, 1.165) is 22.4 Å². The number of hydrogen-bond donors (Lipinski definition) is 0. The van der Waals surface area contributed by atoms with Gasteiger partial charge in [0, 0.05) is 11.8 Å². The highest BCUT2D eigenvalue weighted by Gasteiger charge is 2.08. The Morgan fingerprint density at radius 2 is 1.48 bits per heavy atom. The highest BCUT2D eigenvalue weighted by Crippen LogP contribution is 2.21. The van der Waals surface area contributed by atoms with E-state index in [0.29, 0.717) is 11.3 Å². The maximum atomic E-state index is 12.1. The van der Waals surface area contributed by atoms with E-state index in [9.17, 15) is 4.79 Å². The number of esters is 1. The first-order valence-electron chi connectivity index (χ1n) is 7.44. The Kier molecular flexibility index (Phi) is 4.20. The number of nitrogens with zero attached hydrogens (tertiary/aromatic N) is 1. The first-order chi connectivity index (χ1) is 11.1. The number of benzene rings is 2. The van der Waals surface area contributed by atoms with Gasteiger partial charge in [-0.3, -0.25) is 4.98 Å². The van der Waals surface area contributed by atoms with Crippen molar-refractivity contribution in [1.82, 2.24) is 4.98 Å². The van der Waals surface area contributed by atoms with Gasteiger partial charge in [0.15, 0.2) is 0 Å². The van der Waals surface area contributed by atoms with Gasteiger partial charge >= 0.3 is 5.97 Å². The van der Waals surface area contributed by atoms with Crippen LogP contribution < -0.4 is 4.74 Å². The van der Waals surface area contributed by atoms with Gasteiger partial charge in [0.1, 0.15) is 5.75 Å². The minimum atomic E-state index is -0.355. The largest absolute Gasteiger partial charge is 0.423 e. The molecule has 0 N–H and O–H groups in total. The first-order valence-corrected chi connectivity index (χ1v) is 7.44. The van der Waals surface area contributed by atoms with Gasteiger partial charge in [-0.05, 0) is 61.9 Å². The van der Waals surface area contributed by atoms with Gasteiger partial charge in [-0.2, -0.15) is 0 Å². The zero-order valence-electron chi connectivity index (χ0n) is 13.1. The van der Waals surface area contributed by atoms with Gasteiger partial charge in [0.25, 0.3) is 0 Å². The van der Waals surface area contributed by atoms with Crippen molar-refractivity contribution in [3.8, 4) is 17.0 Å². The lowest BCUT2D eigenvalue weighted by Crippen LogP contribution is -2.08. The number of carbonyl (C=O) groups excluding carboxylic acids is 1. The monoisotopic (exact) mass is 303 g/mol. The third-order valence-electron chi connectivity index (χ3n) is 3.56. The van der Waals surface area contributed by atoms with Crippen LogP contribution in [-0.4, -0.2) is 11.0 Å². The molecule has 0 saturated carbocycles. The molecule has 114 valence electrons. The smallest absolute Gasteiger partial charge is 0.343 e. The molecule has 0 amide bonds. The van der Waals surface area contributed by atoms with Crippen molar-refractivity contribution in [3.63, 3.8) is 0 Å². The molecule has 0 radical (unpaired) electrons. The Labute approximate surface area is 135 Å². The molecule has 0 atom stereocenters. The fourth-order valence-corrected chi connectivity index (χ4v) is 2.19. The second-order valence-electron chi connectivity index (χ2n) is 5.50. The molecule has 0 bridgehead atoms. The molecule has 0 aliphatic carbocycles. The summed E-state index contributed by atoms with van der Waals surface area (Å²) in [6.07, 6.45) is 1.83. The molecule has 0 aliphatic heterocycles. The minimum Gasteiger partial charge on any atom is -0.423 e. The standard InChI is InChI=1S/C20H17NO2/c1-14-3-6-17(7-4-14)20(22)23-18-10-8-16(9-11-18)19-12-5-15(2)13-21-19/h3-13H,1-2H3. The lowest BCUT2D eigenvalue weighted by molar-refractivity contribution is 0.0735. The van der Waals surface area contributed by atoms with E-state index in [1.54, 1.807) is 24.3 Å². The predicted octanol–water partition coefficient (Wildman–Crippen LogP) is 4.58. The van der Waals surface area contributed by atoms with Gasteiger partial charge < -0.3 is 4.74 Å². The molecule has 0 unspecified atom stereocenters. The van der Waals surface area contributed by atoms with Crippen molar-refractivity contribution in [2.24, 2.45) is 0 Å². The molecule has 3 heteroatoms. The van der Waals surface area contributed by atoms with Crippen molar-refractivity contribution < 1.29 is 9.53 Å². The van der Waals surface area contributed by atoms with E-state index in [-0.39, 0.29) is 5.97 Å². The summed E-state index contributed by atoms with van der Waals surface area (Å²) in [5.74, 6) is 0.164. The molecule has 0 fully saturated rings. The summed E-state index contributed by atoms with van der Waals surface area (Å²) >= 11 is 0. The third kappa shape index (κ3) is 3.64. The molecule has 1 aromatic heterocycles. The Bertz CT molecular complexity index is 804. The molecule has 3 aromatic rings. The summed E-state index contributed by atoms with van der Waals surface area (Å²) in [5, 5.41) is 0. The second kappa shape index (κ2) is 6.44. The first kappa shape index (κ1) is 15.0. The fourth-order valence-electron chi connectivity index (χ4n) is 2.19. The number of ether oxygens (including phenoxy) is 1. The quantitative estimate of drug-likeness (QED) is 0.525. The van der Waals surface area contributed by atoms with Crippen molar-refractivity contribution in [1.29, 1.82) is 0 Å². The van der Waals surface area contributed by atoms with Gasteiger partial charge in [-0.1, -0.05) is 23.8 Å². The summed E-state index contributed by atoms with van der Waals surface area (Å²) in [6, 6.07) is 18.7. The van der Waals surface area contributed by atoms with Gasteiger partial charge in [-0.15, -0.1) is 0 Å². The predicted molar refractivity (Wildman–Crippen MR) is 90.5 cm³/mol. The average Bonchev–Trinajstić information content (AvgIpc) is 2.57. The van der Waals surface area contributed by atoms with Crippen LogP contribution in [0.1, 0.15) is 21.5 Å². The zero-order chi connectivity index (χ0) is 16.2. The second-order valence-corrected chi connectivity index (χ2v) is 5.50. The molecular formula is C20H17NO2. The van der Waals surface area contributed by atoms with Crippen LogP contribution in [0.25, 0.3) is 11.3 Å². The SMILES string of the molecule is Cc1ccc(C(=O)Oc2ccc(-c3ccc(C)cn3)cc2)cc1. The molecule has 0 spiro atoms. The van der Waals surface area contributed by atoms with Crippen LogP contribution in [0.5, 0.6) is 5.75 Å². The van der Waals surface area contributed by atoms with Gasteiger partial charge in [0.2, 0.25) is 0 Å². The number of hydrogen-bond acceptors (Lipinski definition) is 3. The molecule has 2 aromatic carbocycles. The van der Waals surface area contributed by atoms with Crippen molar-refractivity contribution in [2.75, 3.05) is 0 Å². The molecule has 1 heterocycles. The number of aryl methyl sites for hydroxylation is 2. The third-order valence-corrected chi connectivity index (χ3v) is 3.56. The van der Waals surface area contributed by atoms with Crippen LogP contribution in [0.3, 0.4) is 0 Å². The molecule has 23 heavy (non-hydrogen) atoms. The highest BCUT2D eigenvalue weighted by molar-refractivity contribution is 5.91. The molecule has 3 rings (SSSR count). The van der Waals surface area contributed by atoms with Crippen LogP contribution in [0.15, 0.2) is 66.9 Å². The van der Waals surface area contributed by atoms with Crippen molar-refractivity contribution in [3.05, 3.63) is 83.6 Å². The van der Waals surface area contributed by atoms with E-state index < -0.39 is 0 Å². The number of aromatic nitrogens is 1. The van der Waals surface area contributed by atoms with E-state index in [4.69, 9.17) is 4.74 Å².